The summed E-state index contributed by atoms with van der Waals surface area (Å²) >= 11 is 0. The number of carbonyl (C=O) groups excluding carboxylic acids is 1. The molecule has 3 aliphatic heterocycles. The molecule has 1 saturated heterocycles. The van der Waals surface area contributed by atoms with E-state index >= 15 is 0 Å². The van der Waals surface area contributed by atoms with E-state index in [1.807, 2.05) is 44.2 Å². The maximum atomic E-state index is 12.7. The smallest absolute Gasteiger partial charge is 0.405 e. The molecule has 3 heterocycles. The lowest BCUT2D eigenvalue weighted by Gasteiger charge is -2.48. The predicted octanol–water partition coefficient (Wildman–Crippen LogP) is 4.97. The Morgan fingerprint density at radius 3 is 2.56 bits per heavy atom. The van der Waals surface area contributed by atoms with E-state index in [1.165, 1.54) is 0 Å². The van der Waals surface area contributed by atoms with E-state index in [9.17, 15) is 18.0 Å². The van der Waals surface area contributed by atoms with Gasteiger partial charge in [-0.25, -0.2) is 10.0 Å². The van der Waals surface area contributed by atoms with Gasteiger partial charge >= 0.3 is 6.18 Å². The monoisotopic (exact) mass is 472 g/mol. The number of hydrogen-bond donors (Lipinski definition) is 1. The van der Waals surface area contributed by atoms with Crippen molar-refractivity contribution in [2.45, 2.75) is 38.6 Å². The maximum absolute atomic E-state index is 12.7. The van der Waals surface area contributed by atoms with Gasteiger partial charge in [0.25, 0.3) is 0 Å². The van der Waals surface area contributed by atoms with Crippen molar-refractivity contribution in [3.05, 3.63) is 65.2 Å². The van der Waals surface area contributed by atoms with Crippen molar-refractivity contribution in [2.24, 2.45) is 0 Å². The number of fused-ring (bicyclic) bond motifs is 5. The molecule has 9 heteroatoms. The predicted molar refractivity (Wildman–Crippen MR) is 124 cm³/mol. The van der Waals surface area contributed by atoms with Crippen molar-refractivity contribution in [1.29, 1.82) is 0 Å². The van der Waals surface area contributed by atoms with Gasteiger partial charge in [0.15, 0.2) is 5.78 Å². The molecule has 0 radical (unpaired) electrons. The van der Waals surface area contributed by atoms with Gasteiger partial charge in [0.2, 0.25) is 0 Å². The lowest BCUT2D eigenvalue weighted by molar-refractivity contribution is -0.115. The number of rotatable bonds is 4. The summed E-state index contributed by atoms with van der Waals surface area (Å²) in [6, 6.07) is 12.7. The first-order valence-electron chi connectivity index (χ1n) is 11.2. The fourth-order valence-corrected chi connectivity index (χ4v) is 4.94. The van der Waals surface area contributed by atoms with Crippen molar-refractivity contribution in [1.82, 2.24) is 10.0 Å². The summed E-state index contributed by atoms with van der Waals surface area (Å²) < 4.78 is 44.3. The molecular formula is C25H27F3N4O2. The average Bonchev–Trinajstić information content (AvgIpc) is 3.21. The van der Waals surface area contributed by atoms with E-state index in [0.717, 1.165) is 23.4 Å². The van der Waals surface area contributed by atoms with Crippen molar-refractivity contribution in [3.63, 3.8) is 0 Å². The third kappa shape index (κ3) is 4.14. The van der Waals surface area contributed by atoms with Gasteiger partial charge in [-0.2, -0.15) is 13.2 Å². The molecule has 34 heavy (non-hydrogen) atoms. The van der Waals surface area contributed by atoms with E-state index in [4.69, 9.17) is 4.74 Å². The highest BCUT2D eigenvalue weighted by Crippen LogP contribution is 2.50. The molecule has 0 spiro atoms. The zero-order chi connectivity index (χ0) is 24.3. The van der Waals surface area contributed by atoms with Gasteiger partial charge in [0, 0.05) is 35.1 Å². The van der Waals surface area contributed by atoms with Gasteiger partial charge in [-0.15, -0.1) is 0 Å². The Labute approximate surface area is 196 Å². The minimum atomic E-state index is -4.29. The van der Waals surface area contributed by atoms with Crippen LogP contribution in [0.4, 0.5) is 24.5 Å². The molecule has 1 fully saturated rings. The average molecular weight is 473 g/mol. The number of hydrazine groups is 1. The molecule has 5 rings (SSSR count). The number of benzene rings is 2. The SMILES string of the molecule is CC(=O)c1ccc(N2CN3CC=C4C(c5ccc(NCC(F)(F)F)cc5OC4(C)C)N3C2)cc1. The summed E-state index contributed by atoms with van der Waals surface area (Å²) in [6.07, 6.45) is -2.10. The zero-order valence-corrected chi connectivity index (χ0v) is 19.3. The van der Waals surface area contributed by atoms with E-state index in [-0.39, 0.29) is 11.8 Å². The Balaban J connectivity index is 1.44. The standard InChI is InChI=1S/C25H27F3N4O2/c1-16(33)17-4-7-19(8-5-17)30-14-31-11-10-21-23(32(31)15-30)20-9-6-18(29-13-25(26,27)28)12-22(20)34-24(21,2)3/h4-10,12,23,29H,11,13-15H2,1-3H3. The van der Waals surface area contributed by atoms with Gasteiger partial charge in [0.05, 0.1) is 19.4 Å². The van der Waals surface area contributed by atoms with E-state index in [1.54, 1.807) is 19.1 Å². The summed E-state index contributed by atoms with van der Waals surface area (Å²) in [5, 5.41) is 7.00. The molecule has 180 valence electrons. The quantitative estimate of drug-likeness (QED) is 0.501. The van der Waals surface area contributed by atoms with Gasteiger partial charge in [0.1, 0.15) is 17.9 Å². The van der Waals surface area contributed by atoms with Crippen LogP contribution in [0, 0.1) is 0 Å². The van der Waals surface area contributed by atoms with Crippen LogP contribution in [0.15, 0.2) is 54.1 Å². The van der Waals surface area contributed by atoms with Crippen LogP contribution < -0.4 is 15.0 Å². The number of Topliss-reactive ketones (excluding diaryl/α,β-unsaturated/α-hetero) is 1. The fourth-order valence-electron chi connectivity index (χ4n) is 4.94. The van der Waals surface area contributed by atoms with Crippen molar-refractivity contribution < 1.29 is 22.7 Å². The number of nitrogens with one attached hydrogen (secondary N) is 1. The molecule has 0 aliphatic carbocycles. The molecule has 0 saturated carbocycles. The first-order valence-corrected chi connectivity index (χ1v) is 11.2. The fraction of sp³-hybridized carbons (Fsp3) is 0.400. The first-order chi connectivity index (χ1) is 16.0. The Morgan fingerprint density at radius 1 is 1.15 bits per heavy atom. The molecular weight excluding hydrogens is 445 g/mol. The number of carbonyl (C=O) groups is 1. The topological polar surface area (TPSA) is 48.1 Å². The lowest BCUT2D eigenvalue weighted by atomic mass is 9.82. The summed E-state index contributed by atoms with van der Waals surface area (Å²) in [5.74, 6) is 0.624. The highest BCUT2D eigenvalue weighted by Gasteiger charge is 2.47. The Bertz CT molecular complexity index is 1140. The van der Waals surface area contributed by atoms with Gasteiger partial charge in [-0.05, 0) is 56.7 Å². The summed E-state index contributed by atoms with van der Waals surface area (Å²) in [5.41, 5.74) is 3.56. The molecule has 1 atom stereocenters. The highest BCUT2D eigenvalue weighted by molar-refractivity contribution is 5.94. The molecule has 1 N–H and O–H groups in total. The van der Waals surface area contributed by atoms with Crippen LogP contribution in [0.3, 0.4) is 0 Å². The second-order valence-corrected chi connectivity index (χ2v) is 9.45. The largest absolute Gasteiger partial charge is 0.483 e. The van der Waals surface area contributed by atoms with Crippen LogP contribution in [0.2, 0.25) is 0 Å². The van der Waals surface area contributed by atoms with Crippen LogP contribution >= 0.6 is 0 Å². The number of anilines is 2. The van der Waals surface area contributed by atoms with Crippen LogP contribution in [-0.2, 0) is 0 Å². The van der Waals surface area contributed by atoms with Gasteiger partial charge in [-0.1, -0.05) is 12.1 Å². The first kappa shape index (κ1) is 22.7. The third-order valence-corrected chi connectivity index (χ3v) is 6.63. The van der Waals surface area contributed by atoms with Crippen LogP contribution in [0.5, 0.6) is 5.75 Å². The highest BCUT2D eigenvalue weighted by atomic mass is 19.4. The number of ether oxygens (including phenoxy) is 1. The minimum Gasteiger partial charge on any atom is -0.483 e. The van der Waals surface area contributed by atoms with E-state index in [2.05, 4.69) is 26.3 Å². The van der Waals surface area contributed by atoms with Crippen LogP contribution in [0.1, 0.15) is 42.7 Å². The minimum absolute atomic E-state index is 0.0353. The van der Waals surface area contributed by atoms with Crippen molar-refractivity contribution >= 4 is 17.2 Å². The number of halogens is 3. The summed E-state index contributed by atoms with van der Waals surface area (Å²) in [6.45, 7) is 6.52. The molecule has 0 bridgehead atoms. The van der Waals surface area contributed by atoms with Crippen LogP contribution in [0.25, 0.3) is 0 Å². The Kier molecular flexibility index (Phi) is 5.37. The Morgan fingerprint density at radius 2 is 1.88 bits per heavy atom. The molecule has 2 aromatic carbocycles. The molecule has 0 amide bonds. The second-order valence-electron chi connectivity index (χ2n) is 9.45. The molecule has 2 aromatic rings. The normalized spacial score (nSPS) is 21.8. The number of alkyl halides is 3. The van der Waals surface area contributed by atoms with Crippen molar-refractivity contribution in [2.75, 3.05) is 36.6 Å². The second kappa shape index (κ2) is 8.02. The zero-order valence-electron chi connectivity index (χ0n) is 19.3. The van der Waals surface area contributed by atoms with E-state index < -0.39 is 18.3 Å². The number of ketones is 1. The molecule has 3 aliphatic rings. The lowest BCUT2D eigenvalue weighted by Crippen LogP contribution is -2.51. The maximum Gasteiger partial charge on any atom is 0.405 e. The number of nitrogens with zero attached hydrogens (tertiary/aromatic N) is 3. The van der Waals surface area contributed by atoms with E-state index in [0.29, 0.717) is 30.3 Å². The third-order valence-electron chi connectivity index (χ3n) is 6.63. The summed E-state index contributed by atoms with van der Waals surface area (Å²) in [7, 11) is 0. The molecule has 1 unspecified atom stereocenters. The van der Waals surface area contributed by atoms with Gasteiger partial charge < -0.3 is 15.0 Å². The summed E-state index contributed by atoms with van der Waals surface area (Å²) in [4.78, 5) is 13.9. The molecule has 0 aromatic heterocycles. The molecule has 6 nitrogen and oxygen atoms in total. The number of hydrogen-bond acceptors (Lipinski definition) is 6. The Hall–Kier alpha value is -3.04. The van der Waals surface area contributed by atoms with Gasteiger partial charge in [-0.3, -0.25) is 4.79 Å². The van der Waals surface area contributed by atoms with Crippen LogP contribution in [-0.4, -0.2) is 54.0 Å². The van der Waals surface area contributed by atoms with Crippen molar-refractivity contribution in [3.8, 4) is 5.75 Å².